The van der Waals surface area contributed by atoms with E-state index in [0.29, 0.717) is 31.7 Å². The lowest BCUT2D eigenvalue weighted by atomic mass is 9.74. The first kappa shape index (κ1) is 23.7. The topological polar surface area (TPSA) is 114 Å². The van der Waals surface area contributed by atoms with Gasteiger partial charge in [-0.3, -0.25) is 14.3 Å². The Bertz CT molecular complexity index is 1110. The van der Waals surface area contributed by atoms with E-state index in [2.05, 4.69) is 15.4 Å². The zero-order valence-electron chi connectivity index (χ0n) is 17.9. The van der Waals surface area contributed by atoms with Crippen LogP contribution in [0.25, 0.3) is 0 Å². The van der Waals surface area contributed by atoms with Crippen molar-refractivity contribution in [2.75, 3.05) is 36.1 Å². The summed E-state index contributed by atoms with van der Waals surface area (Å²) >= 11 is 0. The van der Waals surface area contributed by atoms with Crippen molar-refractivity contribution in [1.29, 1.82) is 0 Å². The maximum atomic E-state index is 13.9. The molecule has 172 valence electrons. The summed E-state index contributed by atoms with van der Waals surface area (Å²) in [5.74, 6) is -1.21. The Morgan fingerprint density at radius 2 is 1.84 bits per heavy atom. The fraction of sp³-hybridized carbons (Fsp3) is 0.364. The molecule has 2 amide bonds. The van der Waals surface area contributed by atoms with E-state index in [1.807, 2.05) is 6.07 Å². The van der Waals surface area contributed by atoms with Gasteiger partial charge in [0.2, 0.25) is 15.9 Å². The molecule has 0 spiro atoms. The van der Waals surface area contributed by atoms with Gasteiger partial charge in [-0.05, 0) is 48.7 Å². The minimum absolute atomic E-state index is 0.0585. The van der Waals surface area contributed by atoms with E-state index in [4.69, 9.17) is 4.74 Å². The normalized spacial score (nSPS) is 15.6. The highest BCUT2D eigenvalue weighted by atomic mass is 32.2. The molecule has 1 fully saturated rings. The number of rotatable bonds is 7. The minimum atomic E-state index is -3.64. The SMILES string of the molecule is CC(=O)Nc1ccc(NS(C)(=O)=O)c(C(=O)NCC2(c3cccc(F)c3)CCOCC2)c1. The van der Waals surface area contributed by atoms with E-state index in [0.717, 1.165) is 11.8 Å². The maximum absolute atomic E-state index is 13.9. The number of halogens is 1. The van der Waals surface area contributed by atoms with E-state index in [1.165, 1.54) is 37.3 Å². The molecular formula is C22H26FN3O5S. The van der Waals surface area contributed by atoms with Crippen molar-refractivity contribution < 1.29 is 27.1 Å². The van der Waals surface area contributed by atoms with Crippen molar-refractivity contribution in [2.24, 2.45) is 0 Å². The van der Waals surface area contributed by atoms with Crippen LogP contribution < -0.4 is 15.4 Å². The average Bonchev–Trinajstić information content (AvgIpc) is 2.72. The number of nitrogens with one attached hydrogen (secondary N) is 3. The Balaban J connectivity index is 1.89. The van der Waals surface area contributed by atoms with Gasteiger partial charge in [-0.2, -0.15) is 0 Å². The fourth-order valence-corrected chi connectivity index (χ4v) is 4.37. The number of anilines is 2. The first-order valence-electron chi connectivity index (χ1n) is 10.1. The maximum Gasteiger partial charge on any atom is 0.253 e. The first-order valence-corrected chi connectivity index (χ1v) is 12.0. The third kappa shape index (κ3) is 6.04. The monoisotopic (exact) mass is 463 g/mol. The minimum Gasteiger partial charge on any atom is -0.381 e. The molecule has 32 heavy (non-hydrogen) atoms. The van der Waals surface area contributed by atoms with Gasteiger partial charge >= 0.3 is 0 Å². The molecular weight excluding hydrogens is 437 g/mol. The van der Waals surface area contributed by atoms with Crippen molar-refractivity contribution >= 4 is 33.2 Å². The zero-order valence-corrected chi connectivity index (χ0v) is 18.7. The van der Waals surface area contributed by atoms with Crippen LogP contribution in [0, 0.1) is 5.82 Å². The largest absolute Gasteiger partial charge is 0.381 e. The second kappa shape index (κ2) is 9.66. The molecule has 0 aliphatic carbocycles. The van der Waals surface area contributed by atoms with Gasteiger partial charge in [-0.1, -0.05) is 12.1 Å². The van der Waals surface area contributed by atoms with E-state index in [9.17, 15) is 22.4 Å². The zero-order chi connectivity index (χ0) is 23.4. The van der Waals surface area contributed by atoms with Crippen molar-refractivity contribution in [3.8, 4) is 0 Å². The van der Waals surface area contributed by atoms with E-state index in [-0.39, 0.29) is 29.5 Å². The lowest BCUT2D eigenvalue weighted by molar-refractivity contribution is -0.114. The number of ether oxygens (including phenoxy) is 1. The number of carbonyl (C=O) groups is 2. The fourth-order valence-electron chi connectivity index (χ4n) is 3.79. The molecule has 8 nitrogen and oxygen atoms in total. The first-order chi connectivity index (χ1) is 15.1. The van der Waals surface area contributed by atoms with Crippen LogP contribution >= 0.6 is 0 Å². The Morgan fingerprint density at radius 3 is 2.47 bits per heavy atom. The lowest BCUT2D eigenvalue weighted by Gasteiger charge is -2.38. The van der Waals surface area contributed by atoms with Crippen molar-refractivity contribution in [1.82, 2.24) is 5.32 Å². The van der Waals surface area contributed by atoms with Crippen LogP contribution in [-0.4, -0.2) is 46.2 Å². The Hall–Kier alpha value is -2.98. The molecule has 0 atom stereocenters. The second-order valence-electron chi connectivity index (χ2n) is 7.90. The van der Waals surface area contributed by atoms with Crippen LogP contribution in [0.3, 0.4) is 0 Å². The van der Waals surface area contributed by atoms with Gasteiger partial charge in [0.25, 0.3) is 5.91 Å². The summed E-state index contributed by atoms with van der Waals surface area (Å²) < 4.78 is 45.2. The molecule has 0 radical (unpaired) electrons. The summed E-state index contributed by atoms with van der Waals surface area (Å²) in [4.78, 5) is 24.5. The Labute approximate surface area is 186 Å². The van der Waals surface area contributed by atoms with Gasteiger partial charge in [0, 0.05) is 37.8 Å². The standard InChI is InChI=1S/C22H26FN3O5S/c1-15(27)25-18-6-7-20(26-32(2,29)30)19(13-18)21(28)24-14-22(8-10-31-11-9-22)16-4-3-5-17(23)12-16/h3-7,12-13,26H,8-11,14H2,1-2H3,(H,24,28)(H,25,27). The summed E-state index contributed by atoms with van der Waals surface area (Å²) in [6.07, 6.45) is 2.17. The number of hydrogen-bond donors (Lipinski definition) is 3. The van der Waals surface area contributed by atoms with Gasteiger partial charge in [0.1, 0.15) is 5.82 Å². The summed E-state index contributed by atoms with van der Waals surface area (Å²) in [5, 5.41) is 5.45. The number of amides is 2. The lowest BCUT2D eigenvalue weighted by Crippen LogP contribution is -2.44. The van der Waals surface area contributed by atoms with Crippen LogP contribution in [0.4, 0.5) is 15.8 Å². The van der Waals surface area contributed by atoms with Gasteiger partial charge in [0.15, 0.2) is 0 Å². The van der Waals surface area contributed by atoms with Gasteiger partial charge < -0.3 is 15.4 Å². The molecule has 3 N–H and O–H groups in total. The average molecular weight is 464 g/mol. The molecule has 1 saturated heterocycles. The van der Waals surface area contributed by atoms with Crippen molar-refractivity contribution in [2.45, 2.75) is 25.2 Å². The molecule has 1 aliphatic rings. The van der Waals surface area contributed by atoms with Gasteiger partial charge in [-0.15, -0.1) is 0 Å². The van der Waals surface area contributed by atoms with E-state index < -0.39 is 21.3 Å². The highest BCUT2D eigenvalue weighted by Crippen LogP contribution is 2.35. The van der Waals surface area contributed by atoms with Gasteiger partial charge in [0.05, 0.1) is 17.5 Å². The van der Waals surface area contributed by atoms with Crippen LogP contribution in [0.15, 0.2) is 42.5 Å². The van der Waals surface area contributed by atoms with Crippen LogP contribution in [0.2, 0.25) is 0 Å². The molecule has 0 bridgehead atoms. The Kier molecular flexibility index (Phi) is 7.15. The predicted octanol–water partition coefficient (Wildman–Crippen LogP) is 2.63. The molecule has 0 unspecified atom stereocenters. The van der Waals surface area contributed by atoms with Crippen LogP contribution in [0.5, 0.6) is 0 Å². The van der Waals surface area contributed by atoms with Crippen molar-refractivity contribution in [3.05, 3.63) is 59.4 Å². The predicted molar refractivity (Wildman–Crippen MR) is 120 cm³/mol. The quantitative estimate of drug-likeness (QED) is 0.584. The summed E-state index contributed by atoms with van der Waals surface area (Å²) in [5.41, 5.74) is 0.750. The highest BCUT2D eigenvalue weighted by Gasteiger charge is 2.35. The number of benzene rings is 2. The molecule has 0 aromatic heterocycles. The van der Waals surface area contributed by atoms with E-state index in [1.54, 1.807) is 6.07 Å². The van der Waals surface area contributed by atoms with Crippen LogP contribution in [0.1, 0.15) is 35.7 Å². The molecule has 3 rings (SSSR count). The molecule has 2 aromatic rings. The summed E-state index contributed by atoms with van der Waals surface area (Å²) in [6.45, 7) is 2.49. The van der Waals surface area contributed by atoms with Crippen molar-refractivity contribution in [3.63, 3.8) is 0 Å². The highest BCUT2D eigenvalue weighted by molar-refractivity contribution is 7.92. The molecule has 0 saturated carbocycles. The Morgan fingerprint density at radius 1 is 1.12 bits per heavy atom. The summed E-state index contributed by atoms with van der Waals surface area (Å²) in [7, 11) is -3.64. The summed E-state index contributed by atoms with van der Waals surface area (Å²) in [6, 6.07) is 10.6. The molecule has 1 aliphatic heterocycles. The number of sulfonamides is 1. The van der Waals surface area contributed by atoms with Crippen LogP contribution in [-0.2, 0) is 25.0 Å². The second-order valence-corrected chi connectivity index (χ2v) is 9.65. The molecule has 2 aromatic carbocycles. The molecule has 1 heterocycles. The van der Waals surface area contributed by atoms with Gasteiger partial charge in [-0.25, -0.2) is 12.8 Å². The smallest absolute Gasteiger partial charge is 0.253 e. The molecule has 10 heteroatoms. The third-order valence-electron chi connectivity index (χ3n) is 5.35. The third-order valence-corrected chi connectivity index (χ3v) is 5.94. The number of carbonyl (C=O) groups excluding carboxylic acids is 2. The van der Waals surface area contributed by atoms with E-state index >= 15 is 0 Å². The number of hydrogen-bond acceptors (Lipinski definition) is 5.